The second kappa shape index (κ2) is 7.39. The predicted octanol–water partition coefficient (Wildman–Crippen LogP) is 4.87. The normalized spacial score (nSPS) is 11.6. The van der Waals surface area contributed by atoms with Crippen molar-refractivity contribution in [1.82, 2.24) is 24.3 Å². The van der Waals surface area contributed by atoms with Gasteiger partial charge in [0.25, 0.3) is 0 Å². The average molecular weight is 432 g/mol. The van der Waals surface area contributed by atoms with Gasteiger partial charge in [0.05, 0.1) is 11.3 Å². The Bertz CT molecular complexity index is 1460. The van der Waals surface area contributed by atoms with Crippen molar-refractivity contribution in [2.24, 2.45) is 0 Å². The summed E-state index contributed by atoms with van der Waals surface area (Å²) in [4.78, 5) is 13.1. The zero-order chi connectivity index (χ0) is 21.7. The Labute approximate surface area is 183 Å². The number of carbonyl (C=O) groups excluding carboxylic acids is 1. The first-order valence-electron chi connectivity index (χ1n) is 9.96. The van der Waals surface area contributed by atoms with E-state index in [9.17, 15) is 4.79 Å². The summed E-state index contributed by atoms with van der Waals surface area (Å²) in [6.45, 7) is 7.81. The number of pyridine rings is 1. The van der Waals surface area contributed by atoms with E-state index in [0.29, 0.717) is 16.5 Å². The van der Waals surface area contributed by atoms with Crippen LogP contribution in [-0.4, -0.2) is 35.9 Å². The molecule has 0 N–H and O–H groups in total. The minimum atomic E-state index is 0.0396. The minimum Gasteiger partial charge on any atom is -0.360 e. The Morgan fingerprint density at radius 3 is 2.65 bits per heavy atom. The van der Waals surface area contributed by atoms with Crippen molar-refractivity contribution >= 4 is 34.1 Å². The number of rotatable bonds is 5. The number of hydrogen-bond donors (Lipinski definition) is 0. The molecule has 5 rings (SSSR count). The van der Waals surface area contributed by atoms with E-state index in [1.54, 1.807) is 0 Å². The largest absolute Gasteiger partial charge is 0.360 e. The molecule has 7 nitrogen and oxygen atoms in total. The number of aromatic nitrogens is 5. The van der Waals surface area contributed by atoms with Crippen LogP contribution in [0, 0.1) is 27.7 Å². The van der Waals surface area contributed by atoms with E-state index in [0.717, 1.165) is 39.3 Å². The third-order valence-corrected chi connectivity index (χ3v) is 6.41. The number of Topliss-reactive ketones (excluding diaryl/α,β-unsaturated/α-hetero) is 1. The molecule has 0 aliphatic rings. The van der Waals surface area contributed by atoms with Crippen molar-refractivity contribution in [2.75, 3.05) is 5.75 Å². The molecule has 0 aliphatic carbocycles. The fourth-order valence-corrected chi connectivity index (χ4v) is 4.87. The lowest BCUT2D eigenvalue weighted by molar-refractivity contribution is 0.102. The Balaban J connectivity index is 1.46. The number of nitrogens with zero attached hydrogens (tertiary/aromatic N) is 5. The Hall–Kier alpha value is -3.39. The standard InChI is InChI=1S/C23H21N5O2S/c1-13-9-21-24-25-23(28(21)19-8-6-5-7-17(13)19)31-12-20(29)18-10-14(2)27(16(18)4)22-11-15(3)30-26-22/h5-11H,12H2,1-4H3. The van der Waals surface area contributed by atoms with Gasteiger partial charge in [0.1, 0.15) is 5.76 Å². The minimum absolute atomic E-state index is 0.0396. The molecule has 1 aromatic carbocycles. The van der Waals surface area contributed by atoms with Crippen molar-refractivity contribution in [1.29, 1.82) is 0 Å². The van der Waals surface area contributed by atoms with E-state index >= 15 is 0 Å². The second-order valence-corrected chi connectivity index (χ2v) is 8.59. The van der Waals surface area contributed by atoms with Crippen LogP contribution in [0.15, 0.2) is 52.1 Å². The molecule has 0 radical (unpaired) electrons. The first-order valence-corrected chi connectivity index (χ1v) is 10.9. The number of benzene rings is 1. The van der Waals surface area contributed by atoms with Crippen LogP contribution in [0.5, 0.6) is 0 Å². The van der Waals surface area contributed by atoms with Crippen molar-refractivity contribution < 1.29 is 9.32 Å². The maximum Gasteiger partial charge on any atom is 0.196 e. The summed E-state index contributed by atoms with van der Waals surface area (Å²) in [5, 5.41) is 14.6. The molecule has 5 aromatic rings. The van der Waals surface area contributed by atoms with Crippen LogP contribution in [-0.2, 0) is 0 Å². The summed E-state index contributed by atoms with van der Waals surface area (Å²) in [6, 6.07) is 14.0. The van der Waals surface area contributed by atoms with Crippen LogP contribution >= 0.6 is 11.8 Å². The zero-order valence-corrected chi connectivity index (χ0v) is 18.5. The average Bonchev–Trinajstić information content (AvgIpc) is 3.43. The summed E-state index contributed by atoms with van der Waals surface area (Å²) in [7, 11) is 0. The third kappa shape index (κ3) is 3.23. The number of fused-ring (bicyclic) bond motifs is 3. The van der Waals surface area contributed by atoms with Gasteiger partial charge in [-0.05, 0) is 51.5 Å². The molecule has 0 amide bonds. The van der Waals surface area contributed by atoms with Crippen LogP contribution < -0.4 is 0 Å². The summed E-state index contributed by atoms with van der Waals surface area (Å²) in [5.74, 6) is 1.72. The second-order valence-electron chi connectivity index (χ2n) is 7.65. The van der Waals surface area contributed by atoms with E-state index in [1.807, 2.05) is 60.1 Å². The van der Waals surface area contributed by atoms with Crippen molar-refractivity contribution in [2.45, 2.75) is 32.9 Å². The Kier molecular flexibility index (Phi) is 4.66. The molecule has 0 fully saturated rings. The number of carbonyl (C=O) groups is 1. The summed E-state index contributed by atoms with van der Waals surface area (Å²) in [6.07, 6.45) is 0. The molecule has 0 spiro atoms. The van der Waals surface area contributed by atoms with Gasteiger partial charge >= 0.3 is 0 Å². The molecular formula is C23H21N5O2S. The highest BCUT2D eigenvalue weighted by atomic mass is 32.2. The predicted molar refractivity (Wildman–Crippen MR) is 120 cm³/mol. The van der Waals surface area contributed by atoms with E-state index in [-0.39, 0.29) is 11.5 Å². The van der Waals surface area contributed by atoms with Gasteiger partial charge in [-0.3, -0.25) is 13.8 Å². The lowest BCUT2D eigenvalue weighted by atomic mass is 10.1. The molecule has 31 heavy (non-hydrogen) atoms. The number of aryl methyl sites for hydroxylation is 3. The number of para-hydroxylation sites is 1. The highest BCUT2D eigenvalue weighted by molar-refractivity contribution is 7.99. The maximum atomic E-state index is 13.1. The fourth-order valence-electron chi connectivity index (χ4n) is 4.03. The molecule has 0 unspecified atom stereocenters. The van der Waals surface area contributed by atoms with Gasteiger partial charge in [-0.15, -0.1) is 10.2 Å². The smallest absolute Gasteiger partial charge is 0.196 e. The molecule has 4 aromatic heterocycles. The Morgan fingerprint density at radius 2 is 1.87 bits per heavy atom. The molecule has 0 aliphatic heterocycles. The molecular weight excluding hydrogens is 410 g/mol. The van der Waals surface area contributed by atoms with Gasteiger partial charge in [-0.1, -0.05) is 35.1 Å². The van der Waals surface area contributed by atoms with E-state index in [1.165, 1.54) is 11.8 Å². The SMILES string of the molecule is Cc1cc(-n2c(C)cc(C(=O)CSc3nnc4cc(C)c5ccccc5n34)c2C)no1. The van der Waals surface area contributed by atoms with Crippen LogP contribution in [0.2, 0.25) is 0 Å². The lowest BCUT2D eigenvalue weighted by Crippen LogP contribution is -2.06. The fraction of sp³-hybridized carbons (Fsp3) is 0.217. The topological polar surface area (TPSA) is 78.2 Å². The van der Waals surface area contributed by atoms with E-state index in [4.69, 9.17) is 4.52 Å². The molecule has 8 heteroatoms. The summed E-state index contributed by atoms with van der Waals surface area (Å²) >= 11 is 1.40. The van der Waals surface area contributed by atoms with E-state index < -0.39 is 0 Å². The first-order chi connectivity index (χ1) is 14.9. The quantitative estimate of drug-likeness (QED) is 0.292. The van der Waals surface area contributed by atoms with Crippen molar-refractivity contribution in [3.8, 4) is 5.82 Å². The monoisotopic (exact) mass is 431 g/mol. The van der Waals surface area contributed by atoms with Crippen LogP contribution in [0.1, 0.15) is 33.1 Å². The summed E-state index contributed by atoms with van der Waals surface area (Å²) < 4.78 is 9.16. The van der Waals surface area contributed by atoms with Gasteiger partial charge in [0.15, 0.2) is 22.4 Å². The molecule has 0 bridgehead atoms. The van der Waals surface area contributed by atoms with Gasteiger partial charge in [-0.2, -0.15) is 0 Å². The molecule has 0 saturated carbocycles. The van der Waals surface area contributed by atoms with E-state index in [2.05, 4.69) is 34.4 Å². The van der Waals surface area contributed by atoms with Crippen LogP contribution in [0.3, 0.4) is 0 Å². The summed E-state index contributed by atoms with van der Waals surface area (Å²) in [5.41, 5.74) is 5.44. The van der Waals surface area contributed by atoms with Gasteiger partial charge in [-0.25, -0.2) is 0 Å². The zero-order valence-electron chi connectivity index (χ0n) is 17.7. The Morgan fingerprint density at radius 1 is 1.06 bits per heavy atom. The molecule has 156 valence electrons. The number of hydrogen-bond acceptors (Lipinski definition) is 6. The number of thioether (sulfide) groups is 1. The number of ketones is 1. The van der Waals surface area contributed by atoms with Gasteiger partial charge < -0.3 is 4.52 Å². The third-order valence-electron chi connectivity index (χ3n) is 5.48. The molecule has 0 saturated heterocycles. The van der Waals surface area contributed by atoms with Gasteiger partial charge in [0.2, 0.25) is 0 Å². The highest BCUT2D eigenvalue weighted by Crippen LogP contribution is 2.27. The van der Waals surface area contributed by atoms with Crippen LogP contribution in [0.25, 0.3) is 22.4 Å². The maximum absolute atomic E-state index is 13.1. The van der Waals surface area contributed by atoms with Crippen molar-refractivity contribution in [3.05, 3.63) is 70.7 Å². The van der Waals surface area contributed by atoms with Gasteiger partial charge in [0, 0.05) is 28.4 Å². The van der Waals surface area contributed by atoms with Crippen LogP contribution in [0.4, 0.5) is 0 Å². The van der Waals surface area contributed by atoms with Crippen molar-refractivity contribution in [3.63, 3.8) is 0 Å². The lowest BCUT2D eigenvalue weighted by Gasteiger charge is -2.07. The molecule has 0 atom stereocenters. The highest BCUT2D eigenvalue weighted by Gasteiger charge is 2.20. The first kappa shape index (κ1) is 19.6. The molecule has 4 heterocycles.